The predicted molar refractivity (Wildman–Crippen MR) is 76.7 cm³/mol. The Labute approximate surface area is 113 Å². The molecule has 1 N–H and O–H groups in total. The van der Waals surface area contributed by atoms with Gasteiger partial charge in [0.25, 0.3) is 0 Å². The maximum Gasteiger partial charge on any atom is 0.0224 e. The van der Waals surface area contributed by atoms with E-state index < -0.39 is 0 Å². The lowest BCUT2D eigenvalue weighted by atomic mass is 9.92. The number of piperazine rings is 1. The first-order chi connectivity index (χ1) is 8.75. The lowest BCUT2D eigenvalue weighted by molar-refractivity contribution is 0.0542. The predicted octanol–water partition coefficient (Wildman–Crippen LogP) is 3.03. The van der Waals surface area contributed by atoms with Crippen LogP contribution in [0.15, 0.2) is 0 Å². The van der Waals surface area contributed by atoms with Gasteiger partial charge in [0.2, 0.25) is 0 Å². The lowest BCUT2D eigenvalue weighted by Crippen LogP contribution is -2.60. The van der Waals surface area contributed by atoms with Crippen LogP contribution in [-0.4, -0.2) is 36.1 Å². The van der Waals surface area contributed by atoms with E-state index in [1.807, 2.05) is 0 Å². The van der Waals surface area contributed by atoms with Crippen LogP contribution >= 0.6 is 0 Å². The molecule has 0 amide bonds. The van der Waals surface area contributed by atoms with Crippen LogP contribution < -0.4 is 5.32 Å². The maximum atomic E-state index is 3.79. The van der Waals surface area contributed by atoms with Crippen LogP contribution in [0.25, 0.3) is 0 Å². The molecule has 1 saturated heterocycles. The van der Waals surface area contributed by atoms with Crippen molar-refractivity contribution in [1.82, 2.24) is 10.2 Å². The molecule has 3 fully saturated rings. The first-order valence-corrected chi connectivity index (χ1v) is 8.25. The Bertz CT molecular complexity index is 274. The summed E-state index contributed by atoms with van der Waals surface area (Å²) in [6.45, 7) is 7.45. The van der Waals surface area contributed by atoms with Crippen molar-refractivity contribution in [2.75, 3.05) is 13.1 Å². The van der Waals surface area contributed by atoms with Crippen LogP contribution in [0, 0.1) is 11.8 Å². The van der Waals surface area contributed by atoms with Gasteiger partial charge in [0, 0.05) is 31.2 Å². The highest BCUT2D eigenvalue weighted by atomic mass is 15.3. The van der Waals surface area contributed by atoms with Crippen molar-refractivity contribution in [3.63, 3.8) is 0 Å². The Morgan fingerprint density at radius 1 is 0.944 bits per heavy atom. The minimum atomic E-state index is 0.741. The zero-order chi connectivity index (χ0) is 12.5. The van der Waals surface area contributed by atoms with Gasteiger partial charge in [0.1, 0.15) is 0 Å². The third kappa shape index (κ3) is 2.75. The van der Waals surface area contributed by atoms with Gasteiger partial charge in [-0.05, 0) is 44.4 Å². The first-order valence-electron chi connectivity index (χ1n) is 8.25. The lowest BCUT2D eigenvalue weighted by Gasteiger charge is -2.45. The van der Waals surface area contributed by atoms with Crippen molar-refractivity contribution in [3.05, 3.63) is 0 Å². The summed E-state index contributed by atoms with van der Waals surface area (Å²) in [4.78, 5) is 2.87. The zero-order valence-electron chi connectivity index (χ0n) is 12.2. The molecule has 2 nitrogen and oxygen atoms in total. The molecule has 0 aromatic rings. The van der Waals surface area contributed by atoms with Gasteiger partial charge < -0.3 is 5.32 Å². The Morgan fingerprint density at radius 3 is 2.50 bits per heavy atom. The van der Waals surface area contributed by atoms with Gasteiger partial charge in [0.15, 0.2) is 0 Å². The van der Waals surface area contributed by atoms with Crippen LogP contribution in [-0.2, 0) is 0 Å². The second-order valence-electron chi connectivity index (χ2n) is 7.08. The molecule has 2 heteroatoms. The van der Waals surface area contributed by atoms with Crippen LogP contribution in [0.1, 0.15) is 58.8 Å². The number of hydrogen-bond acceptors (Lipinski definition) is 2. The molecule has 3 aliphatic rings. The molecule has 18 heavy (non-hydrogen) atoms. The fourth-order valence-corrected chi connectivity index (χ4v) is 4.15. The minimum absolute atomic E-state index is 0.741. The van der Waals surface area contributed by atoms with Crippen molar-refractivity contribution in [1.29, 1.82) is 0 Å². The number of nitrogens with zero attached hydrogens (tertiary/aromatic N) is 1. The van der Waals surface area contributed by atoms with Gasteiger partial charge in [-0.1, -0.05) is 26.2 Å². The normalized spacial score (nSPS) is 43.7. The fourth-order valence-electron chi connectivity index (χ4n) is 4.15. The van der Waals surface area contributed by atoms with E-state index >= 15 is 0 Å². The summed E-state index contributed by atoms with van der Waals surface area (Å²) >= 11 is 0. The molecular formula is C16H30N2. The second kappa shape index (κ2) is 5.50. The molecule has 2 aliphatic carbocycles. The molecule has 0 aromatic carbocycles. The van der Waals surface area contributed by atoms with Crippen molar-refractivity contribution < 1.29 is 0 Å². The van der Waals surface area contributed by atoms with Gasteiger partial charge in [-0.25, -0.2) is 0 Å². The van der Waals surface area contributed by atoms with E-state index in [2.05, 4.69) is 24.1 Å². The van der Waals surface area contributed by atoms with E-state index in [0.717, 1.165) is 30.0 Å². The third-order valence-corrected chi connectivity index (χ3v) is 5.58. The molecule has 0 aromatic heterocycles. The van der Waals surface area contributed by atoms with Crippen molar-refractivity contribution in [2.45, 2.75) is 76.9 Å². The van der Waals surface area contributed by atoms with Crippen molar-refractivity contribution >= 4 is 0 Å². The van der Waals surface area contributed by atoms with Gasteiger partial charge in [0.05, 0.1) is 0 Å². The Kier molecular flexibility index (Phi) is 3.95. The van der Waals surface area contributed by atoms with Gasteiger partial charge >= 0.3 is 0 Å². The fraction of sp³-hybridized carbons (Fsp3) is 1.00. The van der Waals surface area contributed by atoms with Crippen LogP contribution in [0.5, 0.6) is 0 Å². The van der Waals surface area contributed by atoms with Crippen molar-refractivity contribution in [3.8, 4) is 0 Å². The molecule has 4 unspecified atom stereocenters. The molecule has 1 heterocycles. The maximum absolute atomic E-state index is 3.79. The summed E-state index contributed by atoms with van der Waals surface area (Å²) in [5.41, 5.74) is 0. The molecule has 4 atom stereocenters. The smallest absolute Gasteiger partial charge is 0.0224 e. The van der Waals surface area contributed by atoms with Gasteiger partial charge in [-0.15, -0.1) is 0 Å². The first kappa shape index (κ1) is 12.9. The highest BCUT2D eigenvalue weighted by molar-refractivity contribution is 4.96. The Balaban J connectivity index is 1.66. The highest BCUT2D eigenvalue weighted by Gasteiger charge is 2.39. The van der Waals surface area contributed by atoms with Crippen LogP contribution in [0.4, 0.5) is 0 Å². The molecule has 0 bridgehead atoms. The topological polar surface area (TPSA) is 15.3 Å². The third-order valence-electron chi connectivity index (χ3n) is 5.58. The Morgan fingerprint density at radius 2 is 1.72 bits per heavy atom. The number of rotatable bonds is 2. The molecule has 0 radical (unpaired) electrons. The summed E-state index contributed by atoms with van der Waals surface area (Å²) < 4.78 is 0. The van der Waals surface area contributed by atoms with Gasteiger partial charge in [-0.3, -0.25) is 4.90 Å². The highest BCUT2D eigenvalue weighted by Crippen LogP contribution is 2.36. The van der Waals surface area contributed by atoms with E-state index in [0.29, 0.717) is 0 Å². The summed E-state index contributed by atoms with van der Waals surface area (Å²) in [5, 5.41) is 3.79. The molecule has 0 spiro atoms. The van der Waals surface area contributed by atoms with Gasteiger partial charge in [-0.2, -0.15) is 0 Å². The quantitative estimate of drug-likeness (QED) is 0.758. The second-order valence-corrected chi connectivity index (χ2v) is 7.08. The summed E-state index contributed by atoms with van der Waals surface area (Å²) in [6, 6.07) is 2.41. The monoisotopic (exact) mass is 250 g/mol. The zero-order valence-corrected chi connectivity index (χ0v) is 12.2. The van der Waals surface area contributed by atoms with Crippen LogP contribution in [0.2, 0.25) is 0 Å². The molecule has 3 rings (SSSR count). The average molecular weight is 250 g/mol. The summed E-state index contributed by atoms with van der Waals surface area (Å²) in [5.74, 6) is 1.91. The Hall–Kier alpha value is -0.0800. The standard InChI is InChI=1S/C16H30N2/c1-12-6-4-3-5-7-16(12)18-11-15(14-8-9-14)17-10-13(18)2/h12-17H,3-11H2,1-2H3. The van der Waals surface area contributed by atoms with E-state index in [9.17, 15) is 0 Å². The average Bonchev–Trinajstić information content (AvgIpc) is 3.18. The SMILES string of the molecule is CC1CCCCCC1N1CC(C2CC2)NCC1C. The summed E-state index contributed by atoms with van der Waals surface area (Å²) in [7, 11) is 0. The largest absolute Gasteiger partial charge is 0.311 e. The number of hydrogen-bond donors (Lipinski definition) is 1. The molecular weight excluding hydrogens is 220 g/mol. The van der Waals surface area contributed by atoms with Crippen molar-refractivity contribution in [2.24, 2.45) is 11.8 Å². The molecule has 1 aliphatic heterocycles. The molecule has 2 saturated carbocycles. The van der Waals surface area contributed by atoms with E-state index in [1.54, 1.807) is 0 Å². The number of nitrogens with one attached hydrogen (secondary N) is 1. The minimum Gasteiger partial charge on any atom is -0.311 e. The van der Waals surface area contributed by atoms with Crippen LogP contribution in [0.3, 0.4) is 0 Å². The molecule has 104 valence electrons. The van der Waals surface area contributed by atoms with E-state index in [1.165, 1.54) is 58.0 Å². The van der Waals surface area contributed by atoms with E-state index in [4.69, 9.17) is 0 Å². The summed E-state index contributed by atoms with van der Waals surface area (Å²) in [6.07, 6.45) is 10.2. The van der Waals surface area contributed by atoms with E-state index in [-0.39, 0.29) is 0 Å².